The number of unbranched alkanes of at least 4 members (excludes halogenated alkanes) is 15. The summed E-state index contributed by atoms with van der Waals surface area (Å²) in [5.74, 6) is -0.482. The minimum atomic E-state index is -0.630. The first kappa shape index (κ1) is 31.0. The molecule has 2 N–H and O–H groups in total. The minimum Gasteiger partial charge on any atom is -0.481 e. The smallest absolute Gasteiger partial charge is 0.306 e. The van der Waals surface area contributed by atoms with Crippen molar-refractivity contribution in [1.82, 2.24) is 5.32 Å². The van der Waals surface area contributed by atoms with Crippen LogP contribution in [0.1, 0.15) is 162 Å². The third kappa shape index (κ3) is 15.8. The van der Waals surface area contributed by atoms with Crippen LogP contribution in [0.5, 0.6) is 0 Å². The van der Waals surface area contributed by atoms with Crippen molar-refractivity contribution in [2.75, 3.05) is 0 Å². The van der Waals surface area contributed by atoms with Crippen LogP contribution in [-0.4, -0.2) is 23.0 Å². The van der Waals surface area contributed by atoms with Crippen LogP contribution in [0.25, 0.3) is 0 Å². The lowest BCUT2D eigenvalue weighted by Crippen LogP contribution is -2.40. The number of amides is 1. The molecule has 1 saturated carbocycles. The number of hydrogen-bond donors (Lipinski definition) is 2. The highest BCUT2D eigenvalue weighted by Gasteiger charge is 2.32. The molecule has 0 saturated heterocycles. The topological polar surface area (TPSA) is 66.4 Å². The van der Waals surface area contributed by atoms with E-state index in [9.17, 15) is 14.7 Å². The summed E-state index contributed by atoms with van der Waals surface area (Å²) in [6, 6.07) is 0.172. The number of rotatable bonds is 22. The van der Waals surface area contributed by atoms with Gasteiger partial charge in [-0.2, -0.15) is 0 Å². The van der Waals surface area contributed by atoms with Crippen LogP contribution >= 0.6 is 0 Å². The molecule has 0 aromatic rings. The van der Waals surface area contributed by atoms with Crippen molar-refractivity contribution >= 4 is 11.9 Å². The highest BCUT2D eigenvalue weighted by molar-refractivity contribution is 5.76. The molecule has 1 aliphatic carbocycles. The van der Waals surface area contributed by atoms with Crippen molar-refractivity contribution in [1.29, 1.82) is 0 Å². The van der Waals surface area contributed by atoms with Gasteiger partial charge in [-0.15, -0.1) is 0 Å². The van der Waals surface area contributed by atoms with E-state index in [4.69, 9.17) is 0 Å². The summed E-state index contributed by atoms with van der Waals surface area (Å²) in [6.45, 7) is 4.49. The van der Waals surface area contributed by atoms with Gasteiger partial charge in [-0.05, 0) is 38.0 Å². The number of hydrogen-bond acceptors (Lipinski definition) is 2. The number of aliphatic carboxylic acids is 1. The Balaban J connectivity index is 2.19. The van der Waals surface area contributed by atoms with E-state index in [2.05, 4.69) is 19.2 Å². The van der Waals surface area contributed by atoms with Crippen molar-refractivity contribution in [3.8, 4) is 0 Å². The maximum Gasteiger partial charge on any atom is 0.306 e. The lowest BCUT2D eigenvalue weighted by molar-refractivity contribution is -0.144. The van der Waals surface area contributed by atoms with Crippen LogP contribution < -0.4 is 5.32 Å². The van der Waals surface area contributed by atoms with Crippen molar-refractivity contribution in [3.05, 3.63) is 0 Å². The van der Waals surface area contributed by atoms with Gasteiger partial charge in [0.05, 0.1) is 5.92 Å². The fraction of sp³-hybridized carbons (Fsp3) is 0.933. The molecule has 200 valence electrons. The van der Waals surface area contributed by atoms with Gasteiger partial charge in [-0.1, -0.05) is 123 Å². The lowest BCUT2D eigenvalue weighted by atomic mass is 9.76. The number of carbonyl (C=O) groups is 2. The zero-order valence-corrected chi connectivity index (χ0v) is 22.8. The van der Waals surface area contributed by atoms with Crippen molar-refractivity contribution in [2.45, 2.75) is 168 Å². The van der Waals surface area contributed by atoms with Gasteiger partial charge in [0, 0.05) is 12.5 Å². The van der Waals surface area contributed by atoms with Gasteiger partial charge in [0.25, 0.3) is 0 Å². The zero-order valence-electron chi connectivity index (χ0n) is 22.8. The number of carboxylic acid groups (broad SMARTS) is 1. The molecule has 0 spiro atoms. The maximum absolute atomic E-state index is 12.4. The molecule has 1 amide bonds. The summed E-state index contributed by atoms with van der Waals surface area (Å²) < 4.78 is 0. The standard InChI is InChI=1S/C30H57NO3/c1-3-5-7-9-11-13-15-17-19-24-29(32)31-27-22-20-21-26(25-27)28(30(33)34)23-18-16-14-12-10-8-6-4-2/h26-28H,3-25H2,1-2H3,(H,31,32)(H,33,34). The normalized spacial score (nSPS) is 19.1. The molecule has 0 aromatic heterocycles. The van der Waals surface area contributed by atoms with Crippen LogP contribution in [0.4, 0.5) is 0 Å². The van der Waals surface area contributed by atoms with Gasteiger partial charge >= 0.3 is 5.97 Å². The van der Waals surface area contributed by atoms with Gasteiger partial charge in [-0.25, -0.2) is 0 Å². The Morgan fingerprint density at radius 2 is 1.24 bits per heavy atom. The van der Waals surface area contributed by atoms with Crippen LogP contribution in [0.3, 0.4) is 0 Å². The van der Waals surface area contributed by atoms with Gasteiger partial charge in [-0.3, -0.25) is 9.59 Å². The summed E-state index contributed by atoms with van der Waals surface area (Å²) >= 11 is 0. The molecule has 3 atom stereocenters. The molecule has 4 heteroatoms. The summed E-state index contributed by atoms with van der Waals surface area (Å²) in [6.07, 6.45) is 26.6. The Bertz CT molecular complexity index is 507. The average Bonchev–Trinajstić information content (AvgIpc) is 2.82. The summed E-state index contributed by atoms with van der Waals surface area (Å²) in [5, 5.41) is 13.1. The Labute approximate surface area is 211 Å². The largest absolute Gasteiger partial charge is 0.481 e. The predicted molar refractivity (Wildman–Crippen MR) is 144 cm³/mol. The van der Waals surface area contributed by atoms with Crippen LogP contribution in [-0.2, 0) is 9.59 Å². The zero-order chi connectivity index (χ0) is 24.9. The first-order valence-electron chi connectivity index (χ1n) is 15.1. The molecule has 4 nitrogen and oxygen atoms in total. The third-order valence-corrected chi connectivity index (χ3v) is 7.84. The van der Waals surface area contributed by atoms with E-state index in [1.807, 2.05) is 0 Å². The van der Waals surface area contributed by atoms with E-state index in [0.29, 0.717) is 6.42 Å². The molecule has 3 unspecified atom stereocenters. The molecule has 34 heavy (non-hydrogen) atoms. The third-order valence-electron chi connectivity index (χ3n) is 7.84. The summed E-state index contributed by atoms with van der Waals surface area (Å²) in [5.41, 5.74) is 0. The number of nitrogens with one attached hydrogen (secondary N) is 1. The van der Waals surface area contributed by atoms with Crippen LogP contribution in [0.2, 0.25) is 0 Å². The Hall–Kier alpha value is -1.06. The van der Waals surface area contributed by atoms with Gasteiger partial charge in [0.2, 0.25) is 5.91 Å². The van der Waals surface area contributed by atoms with E-state index >= 15 is 0 Å². The quantitative estimate of drug-likeness (QED) is 0.152. The van der Waals surface area contributed by atoms with Crippen molar-refractivity contribution in [2.24, 2.45) is 11.8 Å². The van der Waals surface area contributed by atoms with E-state index in [-0.39, 0.29) is 23.8 Å². The van der Waals surface area contributed by atoms with E-state index in [1.54, 1.807) is 0 Å². The Morgan fingerprint density at radius 1 is 0.735 bits per heavy atom. The molecule has 0 bridgehead atoms. The molecular weight excluding hydrogens is 422 g/mol. The second-order valence-electron chi connectivity index (χ2n) is 11.0. The first-order chi connectivity index (χ1) is 16.6. The highest BCUT2D eigenvalue weighted by Crippen LogP contribution is 2.33. The van der Waals surface area contributed by atoms with Gasteiger partial charge in [0.1, 0.15) is 0 Å². The SMILES string of the molecule is CCCCCCCCCCCC(=O)NC1CCCC(C(CCCCCCCCCC)C(=O)O)C1. The lowest BCUT2D eigenvalue weighted by Gasteiger charge is -2.33. The van der Waals surface area contributed by atoms with E-state index in [0.717, 1.165) is 57.8 Å². The molecule has 1 fully saturated rings. The number of carbonyl (C=O) groups excluding carboxylic acids is 1. The van der Waals surface area contributed by atoms with Gasteiger partial charge in [0.15, 0.2) is 0 Å². The summed E-state index contributed by atoms with van der Waals surface area (Å²) in [7, 11) is 0. The predicted octanol–water partition coefficient (Wildman–Crippen LogP) is 8.81. The average molecular weight is 480 g/mol. The monoisotopic (exact) mass is 479 g/mol. The molecule has 0 heterocycles. The van der Waals surface area contributed by atoms with Crippen LogP contribution in [0.15, 0.2) is 0 Å². The van der Waals surface area contributed by atoms with Crippen LogP contribution in [0, 0.1) is 11.8 Å². The van der Waals surface area contributed by atoms with Crippen molar-refractivity contribution < 1.29 is 14.7 Å². The fourth-order valence-electron chi connectivity index (χ4n) is 5.68. The fourth-order valence-corrected chi connectivity index (χ4v) is 5.68. The Morgan fingerprint density at radius 3 is 1.76 bits per heavy atom. The maximum atomic E-state index is 12.4. The van der Waals surface area contributed by atoms with Gasteiger partial charge < -0.3 is 10.4 Å². The molecule has 1 rings (SSSR count). The highest BCUT2D eigenvalue weighted by atomic mass is 16.4. The molecule has 0 aromatic carbocycles. The second kappa shape index (κ2) is 21.2. The molecule has 1 aliphatic rings. The summed E-state index contributed by atoms with van der Waals surface area (Å²) in [4.78, 5) is 24.4. The van der Waals surface area contributed by atoms with Crippen molar-refractivity contribution in [3.63, 3.8) is 0 Å². The van der Waals surface area contributed by atoms with E-state index < -0.39 is 5.97 Å². The minimum absolute atomic E-state index is 0.170. The van der Waals surface area contributed by atoms with E-state index in [1.165, 1.54) is 83.5 Å². The Kier molecular flexibility index (Phi) is 19.3. The molecule has 0 aliphatic heterocycles. The molecule has 0 radical (unpaired) electrons. The second-order valence-corrected chi connectivity index (χ2v) is 11.0. The molecular formula is C30H57NO3. The number of carboxylic acids is 1. The first-order valence-corrected chi connectivity index (χ1v) is 15.1.